The molecular formula is C12H15Cl2NO2. The van der Waals surface area contributed by atoms with E-state index in [0.29, 0.717) is 16.7 Å². The summed E-state index contributed by atoms with van der Waals surface area (Å²) in [5.74, 6) is 0. The van der Waals surface area contributed by atoms with Gasteiger partial charge in [-0.05, 0) is 38.5 Å². The van der Waals surface area contributed by atoms with Crippen LogP contribution in [0, 0.1) is 0 Å². The van der Waals surface area contributed by atoms with Gasteiger partial charge in [-0.1, -0.05) is 29.3 Å². The molecule has 1 aromatic rings. The van der Waals surface area contributed by atoms with E-state index in [1.165, 1.54) is 0 Å². The van der Waals surface area contributed by atoms with Crippen LogP contribution in [0.5, 0.6) is 0 Å². The zero-order chi connectivity index (χ0) is 13.1. The van der Waals surface area contributed by atoms with E-state index in [1.54, 1.807) is 25.1 Å². The lowest BCUT2D eigenvalue weighted by molar-refractivity contribution is 0.141. The third-order valence-corrected chi connectivity index (χ3v) is 2.84. The molecule has 0 heterocycles. The molecule has 94 valence electrons. The first kappa shape index (κ1) is 14.1. The fraction of sp³-hybridized carbons (Fsp3) is 0.417. The van der Waals surface area contributed by atoms with Crippen molar-refractivity contribution < 1.29 is 9.53 Å². The fourth-order valence-electron chi connectivity index (χ4n) is 1.49. The highest BCUT2D eigenvalue weighted by molar-refractivity contribution is 6.35. The lowest BCUT2D eigenvalue weighted by Gasteiger charge is -2.27. The van der Waals surface area contributed by atoms with Crippen LogP contribution in [0.1, 0.15) is 26.3 Å². The first-order chi connectivity index (χ1) is 7.86. The van der Waals surface area contributed by atoms with Crippen LogP contribution in [0.3, 0.4) is 0 Å². The summed E-state index contributed by atoms with van der Waals surface area (Å²) in [6.45, 7) is 5.77. The Morgan fingerprint density at radius 2 is 2.06 bits per heavy atom. The molecule has 1 amide bonds. The quantitative estimate of drug-likeness (QED) is 0.907. The van der Waals surface area contributed by atoms with Crippen molar-refractivity contribution in [1.82, 2.24) is 5.32 Å². The van der Waals surface area contributed by atoms with Gasteiger partial charge in [0.15, 0.2) is 0 Å². The summed E-state index contributed by atoms with van der Waals surface area (Å²) in [7, 11) is 0. The second-order valence-electron chi connectivity index (χ2n) is 4.09. The number of halogens is 2. The Bertz CT molecular complexity index is 419. The van der Waals surface area contributed by atoms with Crippen molar-refractivity contribution in [1.29, 1.82) is 0 Å². The maximum absolute atomic E-state index is 11.4. The zero-order valence-electron chi connectivity index (χ0n) is 10.0. The minimum Gasteiger partial charge on any atom is -0.450 e. The first-order valence-corrected chi connectivity index (χ1v) is 6.03. The number of nitrogens with one attached hydrogen (secondary N) is 1. The molecule has 17 heavy (non-hydrogen) atoms. The topological polar surface area (TPSA) is 38.3 Å². The molecule has 0 bridgehead atoms. The van der Waals surface area contributed by atoms with Crippen LogP contribution in [0.2, 0.25) is 10.0 Å². The van der Waals surface area contributed by atoms with Gasteiger partial charge in [0.25, 0.3) is 0 Å². The Kier molecular flexibility index (Phi) is 4.66. The molecule has 0 aliphatic heterocycles. The molecule has 0 atom stereocenters. The van der Waals surface area contributed by atoms with Gasteiger partial charge in [-0.15, -0.1) is 0 Å². The highest BCUT2D eigenvalue weighted by atomic mass is 35.5. The molecule has 3 nitrogen and oxygen atoms in total. The Morgan fingerprint density at radius 3 is 2.59 bits per heavy atom. The lowest BCUT2D eigenvalue weighted by Crippen LogP contribution is -2.41. The number of ether oxygens (including phenoxy) is 1. The van der Waals surface area contributed by atoms with Gasteiger partial charge >= 0.3 is 6.09 Å². The third-order valence-electron chi connectivity index (χ3n) is 2.29. The normalized spacial score (nSPS) is 11.1. The molecule has 0 aliphatic rings. The third kappa shape index (κ3) is 3.79. The second-order valence-corrected chi connectivity index (χ2v) is 4.94. The van der Waals surface area contributed by atoms with Gasteiger partial charge in [0.2, 0.25) is 0 Å². The molecule has 0 saturated carbocycles. The molecule has 1 aromatic carbocycles. The number of carbonyl (C=O) groups excluding carboxylic acids is 1. The largest absolute Gasteiger partial charge is 0.450 e. The standard InChI is InChI=1S/C12H15Cl2NO2/c1-4-17-11(16)15-12(2,3)9-6-5-8(13)7-10(9)14/h5-7H,4H2,1-3H3,(H,15,16). The molecule has 0 spiro atoms. The monoisotopic (exact) mass is 275 g/mol. The minimum absolute atomic E-state index is 0.330. The summed E-state index contributed by atoms with van der Waals surface area (Å²) < 4.78 is 4.84. The molecule has 0 radical (unpaired) electrons. The smallest absolute Gasteiger partial charge is 0.407 e. The van der Waals surface area contributed by atoms with Crippen molar-refractivity contribution >= 4 is 29.3 Å². The molecule has 0 unspecified atom stereocenters. The van der Waals surface area contributed by atoms with E-state index < -0.39 is 11.6 Å². The van der Waals surface area contributed by atoms with Crippen LogP contribution in [-0.4, -0.2) is 12.7 Å². The van der Waals surface area contributed by atoms with Crippen LogP contribution >= 0.6 is 23.2 Å². The van der Waals surface area contributed by atoms with Crippen LogP contribution in [-0.2, 0) is 10.3 Å². The van der Waals surface area contributed by atoms with Crippen molar-refractivity contribution in [3.05, 3.63) is 33.8 Å². The summed E-state index contributed by atoms with van der Waals surface area (Å²) in [6.07, 6.45) is -0.469. The summed E-state index contributed by atoms with van der Waals surface area (Å²) in [5.41, 5.74) is 0.171. The molecule has 1 rings (SSSR count). The van der Waals surface area contributed by atoms with E-state index in [-0.39, 0.29) is 0 Å². The van der Waals surface area contributed by atoms with E-state index in [9.17, 15) is 4.79 Å². The fourth-order valence-corrected chi connectivity index (χ4v) is 2.13. The van der Waals surface area contributed by atoms with E-state index in [0.717, 1.165) is 5.56 Å². The Morgan fingerprint density at radius 1 is 1.41 bits per heavy atom. The Balaban J connectivity index is 2.92. The van der Waals surface area contributed by atoms with E-state index >= 15 is 0 Å². The molecule has 0 aliphatic carbocycles. The van der Waals surface area contributed by atoms with Crippen LogP contribution in [0.4, 0.5) is 4.79 Å². The first-order valence-electron chi connectivity index (χ1n) is 5.27. The van der Waals surface area contributed by atoms with Crippen molar-refractivity contribution in [2.75, 3.05) is 6.61 Å². The van der Waals surface area contributed by atoms with Crippen molar-refractivity contribution in [3.8, 4) is 0 Å². The van der Waals surface area contributed by atoms with Gasteiger partial charge in [0.05, 0.1) is 12.1 Å². The Hall–Kier alpha value is -0.930. The highest BCUT2D eigenvalue weighted by Crippen LogP contribution is 2.30. The highest BCUT2D eigenvalue weighted by Gasteiger charge is 2.25. The molecule has 0 aromatic heterocycles. The molecule has 0 fully saturated rings. The second kappa shape index (κ2) is 5.61. The van der Waals surface area contributed by atoms with Crippen LogP contribution in [0.25, 0.3) is 0 Å². The lowest BCUT2D eigenvalue weighted by atomic mass is 9.94. The number of hydrogen-bond donors (Lipinski definition) is 1. The molecule has 0 saturated heterocycles. The maximum atomic E-state index is 11.4. The van der Waals surface area contributed by atoms with Gasteiger partial charge in [-0.25, -0.2) is 4.79 Å². The van der Waals surface area contributed by atoms with Gasteiger partial charge in [0, 0.05) is 10.0 Å². The Labute approximate surface area is 111 Å². The number of carbonyl (C=O) groups is 1. The van der Waals surface area contributed by atoms with E-state index in [1.807, 2.05) is 13.8 Å². The predicted molar refractivity (Wildman–Crippen MR) is 69.6 cm³/mol. The number of benzene rings is 1. The number of rotatable bonds is 3. The zero-order valence-corrected chi connectivity index (χ0v) is 11.5. The summed E-state index contributed by atoms with van der Waals surface area (Å²) in [4.78, 5) is 11.4. The summed E-state index contributed by atoms with van der Waals surface area (Å²) >= 11 is 11.9. The van der Waals surface area contributed by atoms with Gasteiger partial charge in [-0.2, -0.15) is 0 Å². The van der Waals surface area contributed by atoms with Crippen molar-refractivity contribution in [2.45, 2.75) is 26.3 Å². The average Bonchev–Trinajstić information content (AvgIpc) is 2.15. The molecule has 1 N–H and O–H groups in total. The van der Waals surface area contributed by atoms with Crippen molar-refractivity contribution in [3.63, 3.8) is 0 Å². The average molecular weight is 276 g/mol. The summed E-state index contributed by atoms with van der Waals surface area (Å²) in [5, 5.41) is 3.82. The molecule has 5 heteroatoms. The predicted octanol–water partition coefficient (Wildman–Crippen LogP) is 3.97. The van der Waals surface area contributed by atoms with Crippen LogP contribution < -0.4 is 5.32 Å². The van der Waals surface area contributed by atoms with Crippen molar-refractivity contribution in [2.24, 2.45) is 0 Å². The van der Waals surface area contributed by atoms with Gasteiger partial charge in [0.1, 0.15) is 0 Å². The molecular weight excluding hydrogens is 261 g/mol. The summed E-state index contributed by atoms with van der Waals surface area (Å²) in [6, 6.07) is 5.17. The van der Waals surface area contributed by atoms with Gasteiger partial charge < -0.3 is 10.1 Å². The number of hydrogen-bond acceptors (Lipinski definition) is 2. The van der Waals surface area contributed by atoms with Crippen LogP contribution in [0.15, 0.2) is 18.2 Å². The van der Waals surface area contributed by atoms with Gasteiger partial charge in [-0.3, -0.25) is 0 Å². The maximum Gasteiger partial charge on any atom is 0.407 e. The van der Waals surface area contributed by atoms with E-state index in [4.69, 9.17) is 27.9 Å². The number of amides is 1. The minimum atomic E-state index is -0.617. The van der Waals surface area contributed by atoms with E-state index in [2.05, 4.69) is 5.32 Å². The SMILES string of the molecule is CCOC(=O)NC(C)(C)c1ccc(Cl)cc1Cl. The number of alkyl carbamates (subject to hydrolysis) is 1.